The zero-order valence-electron chi connectivity index (χ0n) is 16.1. The third-order valence-electron chi connectivity index (χ3n) is 9.85. The molecule has 5 fully saturated rings. The van der Waals surface area contributed by atoms with E-state index < -0.39 is 29.1 Å². The Bertz CT molecular complexity index is 755. The molecule has 3 unspecified atom stereocenters. The molecule has 0 amide bonds. The molecule has 0 aromatic carbocycles. The molecule has 1 spiro atoms. The van der Waals surface area contributed by atoms with E-state index in [-0.39, 0.29) is 29.5 Å². The van der Waals surface area contributed by atoms with Crippen LogP contribution in [0, 0.1) is 40.4 Å². The van der Waals surface area contributed by atoms with Gasteiger partial charge in [0.1, 0.15) is 6.61 Å². The monoisotopic (exact) mass is 378 g/mol. The van der Waals surface area contributed by atoms with Gasteiger partial charge in [0.2, 0.25) is 0 Å². The Morgan fingerprint density at radius 2 is 1.89 bits per heavy atom. The average Bonchev–Trinajstić information content (AvgIpc) is 2.96. The first-order valence-corrected chi connectivity index (χ1v) is 10.7. The molecule has 4 saturated carbocycles. The highest BCUT2D eigenvalue weighted by Crippen LogP contribution is 2.79. The van der Waals surface area contributed by atoms with E-state index in [0.717, 1.165) is 45.1 Å². The first kappa shape index (κ1) is 16.9. The summed E-state index contributed by atoms with van der Waals surface area (Å²) in [6.45, 7) is 5.49. The largest absolute Gasteiger partial charge is 0.462 e. The topological polar surface area (TPSA) is 35.5 Å². The minimum atomic E-state index is -2.67. The second kappa shape index (κ2) is 4.77. The third-order valence-corrected chi connectivity index (χ3v) is 9.85. The molecule has 0 radical (unpaired) electrons. The van der Waals surface area contributed by atoms with Crippen LogP contribution in [-0.2, 0) is 14.3 Å². The van der Waals surface area contributed by atoms with Gasteiger partial charge in [0.05, 0.1) is 11.5 Å². The smallest absolute Gasteiger partial charge is 0.330 e. The lowest BCUT2D eigenvalue weighted by molar-refractivity contribution is -0.157. The van der Waals surface area contributed by atoms with E-state index in [1.165, 1.54) is 6.08 Å². The molecule has 2 aliphatic heterocycles. The lowest BCUT2D eigenvalue weighted by Gasteiger charge is -2.58. The Kier molecular flexibility index (Phi) is 2.99. The number of carbonyl (C=O) groups is 1. The second-order valence-corrected chi connectivity index (χ2v) is 10.5. The van der Waals surface area contributed by atoms with Crippen LogP contribution in [0.5, 0.6) is 0 Å². The van der Waals surface area contributed by atoms with Crippen molar-refractivity contribution in [1.82, 2.24) is 0 Å². The summed E-state index contributed by atoms with van der Waals surface area (Å²) in [5.41, 5.74) is 0.186. The maximum Gasteiger partial charge on any atom is 0.330 e. The van der Waals surface area contributed by atoms with Gasteiger partial charge in [-0.15, -0.1) is 0 Å². The van der Waals surface area contributed by atoms with Crippen LogP contribution in [0.4, 0.5) is 8.78 Å². The van der Waals surface area contributed by atoms with Crippen molar-refractivity contribution in [2.24, 2.45) is 40.4 Å². The quantitative estimate of drug-likeness (QED) is 0.588. The Morgan fingerprint density at radius 3 is 2.63 bits per heavy atom. The number of cyclic esters (lactones) is 1. The summed E-state index contributed by atoms with van der Waals surface area (Å²) < 4.78 is 41.8. The third kappa shape index (κ3) is 1.75. The molecule has 0 N–H and O–H groups in total. The average molecular weight is 378 g/mol. The maximum absolute atomic E-state index is 15.1. The minimum absolute atomic E-state index is 0.0107. The van der Waals surface area contributed by atoms with Gasteiger partial charge in [-0.3, -0.25) is 0 Å². The lowest BCUT2D eigenvalue weighted by Crippen LogP contribution is -2.56. The van der Waals surface area contributed by atoms with Gasteiger partial charge in [0, 0.05) is 24.0 Å². The van der Waals surface area contributed by atoms with E-state index in [0.29, 0.717) is 11.5 Å². The van der Waals surface area contributed by atoms with Crippen LogP contribution in [0.15, 0.2) is 11.6 Å². The summed E-state index contributed by atoms with van der Waals surface area (Å²) in [5.74, 6) is -3.95. The van der Waals surface area contributed by atoms with Crippen molar-refractivity contribution >= 4 is 5.97 Å². The van der Waals surface area contributed by atoms with Gasteiger partial charge in [-0.2, -0.15) is 0 Å². The number of ether oxygens (including phenoxy) is 2. The fourth-order valence-corrected chi connectivity index (χ4v) is 8.51. The highest BCUT2D eigenvalue weighted by Gasteiger charge is 2.81. The van der Waals surface area contributed by atoms with Crippen molar-refractivity contribution < 1.29 is 23.0 Å². The number of alkyl halides is 2. The molecule has 8 atom stereocenters. The zero-order valence-corrected chi connectivity index (χ0v) is 16.1. The molecule has 0 bridgehead atoms. The van der Waals surface area contributed by atoms with E-state index >= 15 is 8.78 Å². The van der Waals surface area contributed by atoms with Gasteiger partial charge in [-0.25, -0.2) is 13.6 Å². The summed E-state index contributed by atoms with van der Waals surface area (Å²) >= 11 is 0. The van der Waals surface area contributed by atoms with E-state index in [2.05, 4.69) is 13.8 Å². The molecule has 148 valence electrons. The van der Waals surface area contributed by atoms with Crippen LogP contribution in [0.25, 0.3) is 0 Å². The van der Waals surface area contributed by atoms with E-state index in [1.54, 1.807) is 0 Å². The van der Waals surface area contributed by atoms with E-state index in [9.17, 15) is 4.79 Å². The molecule has 3 nitrogen and oxygen atoms in total. The number of halogens is 2. The number of carbonyl (C=O) groups excluding carboxylic acids is 1. The van der Waals surface area contributed by atoms with Crippen LogP contribution in [0.3, 0.4) is 0 Å². The van der Waals surface area contributed by atoms with Gasteiger partial charge in [0.15, 0.2) is 0 Å². The van der Waals surface area contributed by atoms with E-state index in [1.807, 2.05) is 0 Å². The van der Waals surface area contributed by atoms with Gasteiger partial charge < -0.3 is 9.47 Å². The molecule has 6 aliphatic rings. The molecule has 4 aliphatic carbocycles. The molecular weight excluding hydrogens is 350 g/mol. The predicted molar refractivity (Wildman–Crippen MR) is 94.0 cm³/mol. The molecule has 2 heterocycles. The van der Waals surface area contributed by atoms with Gasteiger partial charge >= 0.3 is 5.97 Å². The Balaban J connectivity index is 1.46. The zero-order chi connectivity index (χ0) is 18.8. The van der Waals surface area contributed by atoms with E-state index in [4.69, 9.17) is 9.47 Å². The molecule has 0 aromatic rings. The summed E-state index contributed by atoms with van der Waals surface area (Å²) in [5, 5.41) is 0. The highest BCUT2D eigenvalue weighted by atomic mass is 19.3. The summed E-state index contributed by atoms with van der Waals surface area (Å²) in [4.78, 5) is 11.8. The van der Waals surface area contributed by atoms with Crippen molar-refractivity contribution in [2.45, 2.75) is 63.9 Å². The second-order valence-electron chi connectivity index (χ2n) is 10.5. The van der Waals surface area contributed by atoms with Crippen LogP contribution >= 0.6 is 0 Å². The number of fused-ring (bicyclic) bond motifs is 9. The molecule has 6 rings (SSSR count). The Labute approximate surface area is 158 Å². The van der Waals surface area contributed by atoms with Crippen LogP contribution < -0.4 is 0 Å². The standard InChI is InChI=1S/C22H28F2O3/c1-19-11-26-15(25)10-14(19)17-18(22(17,23)24)16-12(19)4-7-20(2)13(16)5-8-21(20)6-3-9-27-21/h10,12-13,16-18H,3-9,11H2,1-2H3/t12?,13?,16?,17-,18+,19-,20+,21+/m1/s1. The normalized spacial score (nSPS) is 57.3. The fourth-order valence-electron chi connectivity index (χ4n) is 8.51. The van der Waals surface area contributed by atoms with Crippen LogP contribution in [-0.4, -0.2) is 30.7 Å². The first-order valence-electron chi connectivity index (χ1n) is 10.7. The molecular formula is C22H28F2O3. The van der Waals surface area contributed by atoms with Crippen molar-refractivity contribution in [3.05, 3.63) is 11.6 Å². The number of rotatable bonds is 0. The fraction of sp³-hybridized carbons (Fsp3) is 0.864. The van der Waals surface area contributed by atoms with Gasteiger partial charge in [-0.05, 0) is 67.3 Å². The van der Waals surface area contributed by atoms with Crippen molar-refractivity contribution in [3.63, 3.8) is 0 Å². The Hall–Kier alpha value is -0.970. The van der Waals surface area contributed by atoms with Crippen LogP contribution in [0.2, 0.25) is 0 Å². The molecule has 5 heteroatoms. The molecule has 27 heavy (non-hydrogen) atoms. The van der Waals surface area contributed by atoms with Gasteiger partial charge in [-0.1, -0.05) is 13.8 Å². The number of esters is 1. The predicted octanol–water partition coefficient (Wildman–Crippen LogP) is 4.36. The SMILES string of the molecule is C[C@]12COC(=O)C=C1[C@@H]1[C@H](C3C2CC[C@@]2(C)C3CC[C@@]23CCCO3)C1(F)F. The summed E-state index contributed by atoms with van der Waals surface area (Å²) in [6, 6.07) is 0. The maximum atomic E-state index is 15.1. The number of hydrogen-bond donors (Lipinski definition) is 0. The minimum Gasteiger partial charge on any atom is -0.462 e. The van der Waals surface area contributed by atoms with Crippen molar-refractivity contribution in [1.29, 1.82) is 0 Å². The van der Waals surface area contributed by atoms with Gasteiger partial charge in [0.25, 0.3) is 5.92 Å². The first-order chi connectivity index (χ1) is 12.7. The lowest BCUT2D eigenvalue weighted by atomic mass is 9.47. The summed E-state index contributed by atoms with van der Waals surface area (Å²) in [6.07, 6.45) is 7.59. The van der Waals surface area contributed by atoms with Crippen LogP contribution in [0.1, 0.15) is 52.4 Å². The molecule has 1 saturated heterocycles. The van der Waals surface area contributed by atoms with Crippen molar-refractivity contribution in [2.75, 3.05) is 13.2 Å². The summed E-state index contributed by atoms with van der Waals surface area (Å²) in [7, 11) is 0. The van der Waals surface area contributed by atoms with Crippen molar-refractivity contribution in [3.8, 4) is 0 Å². The molecule has 0 aromatic heterocycles. The highest BCUT2D eigenvalue weighted by molar-refractivity contribution is 5.84. The number of hydrogen-bond acceptors (Lipinski definition) is 3. The Morgan fingerprint density at radius 1 is 1.11 bits per heavy atom.